The third kappa shape index (κ3) is 1.29. The summed E-state index contributed by atoms with van der Waals surface area (Å²) in [5.41, 5.74) is 5.62. The Kier molecular flexibility index (Phi) is 1.75. The van der Waals surface area contributed by atoms with Crippen molar-refractivity contribution in [3.05, 3.63) is 4.47 Å². The van der Waals surface area contributed by atoms with Crippen molar-refractivity contribution in [3.63, 3.8) is 0 Å². The molecule has 0 radical (unpaired) electrons. The standard InChI is InChI=1S/C7H11BrN4/c1-12-7(10-4-2-3-4)5(8)6(9)11-12/h4,10H,2-3H2,1H3,(H2,9,11). The number of hydrogen-bond acceptors (Lipinski definition) is 3. The lowest BCUT2D eigenvalue weighted by Gasteiger charge is -2.03. The third-order valence-corrected chi connectivity index (χ3v) is 2.71. The zero-order valence-corrected chi connectivity index (χ0v) is 8.43. The fraction of sp³-hybridized carbons (Fsp3) is 0.571. The number of nitrogens with two attached hydrogens (primary N) is 1. The van der Waals surface area contributed by atoms with Crippen molar-refractivity contribution >= 4 is 27.6 Å². The Labute approximate surface area is 79.2 Å². The van der Waals surface area contributed by atoms with Gasteiger partial charge in [-0.05, 0) is 28.8 Å². The van der Waals surface area contributed by atoms with Crippen LogP contribution in [0.4, 0.5) is 11.6 Å². The molecule has 1 heterocycles. The van der Waals surface area contributed by atoms with Crippen LogP contribution in [-0.4, -0.2) is 15.8 Å². The van der Waals surface area contributed by atoms with Gasteiger partial charge in [0.1, 0.15) is 10.3 Å². The summed E-state index contributed by atoms with van der Waals surface area (Å²) >= 11 is 3.39. The number of halogens is 1. The van der Waals surface area contributed by atoms with E-state index in [-0.39, 0.29) is 0 Å². The molecule has 1 aromatic heterocycles. The number of aryl methyl sites for hydroxylation is 1. The van der Waals surface area contributed by atoms with E-state index in [4.69, 9.17) is 5.73 Å². The molecular formula is C7H11BrN4. The van der Waals surface area contributed by atoms with E-state index in [0.29, 0.717) is 11.9 Å². The van der Waals surface area contributed by atoms with Gasteiger partial charge in [-0.3, -0.25) is 0 Å². The quantitative estimate of drug-likeness (QED) is 0.807. The maximum absolute atomic E-state index is 5.62. The predicted octanol–water partition coefficient (Wildman–Crippen LogP) is 1.34. The van der Waals surface area contributed by atoms with Crippen molar-refractivity contribution in [2.24, 2.45) is 7.05 Å². The van der Waals surface area contributed by atoms with Gasteiger partial charge in [-0.1, -0.05) is 0 Å². The van der Waals surface area contributed by atoms with E-state index in [1.54, 1.807) is 4.68 Å². The van der Waals surface area contributed by atoms with Crippen molar-refractivity contribution < 1.29 is 0 Å². The van der Waals surface area contributed by atoms with Crippen LogP contribution in [0.1, 0.15) is 12.8 Å². The fourth-order valence-electron chi connectivity index (χ4n) is 1.10. The van der Waals surface area contributed by atoms with Gasteiger partial charge < -0.3 is 11.1 Å². The lowest BCUT2D eigenvalue weighted by atomic mass is 10.5. The average molecular weight is 231 g/mol. The Balaban J connectivity index is 2.26. The number of aromatic nitrogens is 2. The summed E-state index contributed by atoms with van der Waals surface area (Å²) in [5, 5.41) is 7.42. The first-order valence-corrected chi connectivity index (χ1v) is 4.72. The van der Waals surface area contributed by atoms with Crippen molar-refractivity contribution in [3.8, 4) is 0 Å². The van der Waals surface area contributed by atoms with Gasteiger partial charge in [-0.15, -0.1) is 0 Å². The molecule has 1 saturated carbocycles. The maximum atomic E-state index is 5.62. The van der Waals surface area contributed by atoms with Crippen LogP contribution in [0.5, 0.6) is 0 Å². The van der Waals surface area contributed by atoms with Crippen LogP contribution >= 0.6 is 15.9 Å². The lowest BCUT2D eigenvalue weighted by molar-refractivity contribution is 0.772. The number of nitrogens with one attached hydrogen (secondary N) is 1. The molecule has 1 aromatic rings. The third-order valence-electron chi connectivity index (χ3n) is 1.93. The second kappa shape index (κ2) is 2.65. The predicted molar refractivity (Wildman–Crippen MR) is 52.0 cm³/mol. The molecule has 3 N–H and O–H groups in total. The summed E-state index contributed by atoms with van der Waals surface area (Å²) in [5.74, 6) is 1.52. The molecule has 0 amide bonds. The molecule has 0 bridgehead atoms. The van der Waals surface area contributed by atoms with E-state index < -0.39 is 0 Å². The fourth-order valence-corrected chi connectivity index (χ4v) is 1.55. The maximum Gasteiger partial charge on any atom is 0.162 e. The minimum absolute atomic E-state index is 0.542. The van der Waals surface area contributed by atoms with E-state index in [1.807, 2.05) is 7.05 Å². The van der Waals surface area contributed by atoms with Gasteiger partial charge in [0.15, 0.2) is 5.82 Å². The Morgan fingerprint density at radius 2 is 2.33 bits per heavy atom. The van der Waals surface area contributed by atoms with Gasteiger partial charge in [0.2, 0.25) is 0 Å². The van der Waals surface area contributed by atoms with Gasteiger partial charge in [0.05, 0.1) is 0 Å². The second-order valence-corrected chi connectivity index (χ2v) is 3.88. The van der Waals surface area contributed by atoms with Gasteiger partial charge in [0.25, 0.3) is 0 Å². The average Bonchev–Trinajstić information content (AvgIpc) is 2.77. The smallest absolute Gasteiger partial charge is 0.162 e. The molecule has 0 aliphatic heterocycles. The first kappa shape index (κ1) is 7.91. The van der Waals surface area contributed by atoms with E-state index in [0.717, 1.165) is 10.3 Å². The number of nitrogens with zero attached hydrogens (tertiary/aromatic N) is 2. The molecule has 12 heavy (non-hydrogen) atoms. The summed E-state index contributed by atoms with van der Waals surface area (Å²) < 4.78 is 2.63. The molecule has 66 valence electrons. The minimum Gasteiger partial charge on any atom is -0.381 e. The molecule has 0 aromatic carbocycles. The molecule has 0 saturated heterocycles. The van der Waals surface area contributed by atoms with E-state index in [9.17, 15) is 0 Å². The molecule has 0 spiro atoms. The molecule has 4 nitrogen and oxygen atoms in total. The Hall–Kier alpha value is -0.710. The molecule has 2 rings (SSSR count). The summed E-state index contributed by atoms with van der Waals surface area (Å²) in [7, 11) is 1.88. The Morgan fingerprint density at radius 3 is 2.75 bits per heavy atom. The van der Waals surface area contributed by atoms with Crippen LogP contribution in [0.15, 0.2) is 4.47 Å². The van der Waals surface area contributed by atoms with Crippen LogP contribution in [0.2, 0.25) is 0 Å². The zero-order valence-electron chi connectivity index (χ0n) is 6.84. The Bertz CT molecular complexity index is 303. The van der Waals surface area contributed by atoms with Crippen molar-refractivity contribution in [2.75, 3.05) is 11.1 Å². The number of rotatable bonds is 2. The molecule has 0 unspecified atom stereocenters. The van der Waals surface area contributed by atoms with Gasteiger partial charge in [-0.2, -0.15) is 5.10 Å². The van der Waals surface area contributed by atoms with Crippen LogP contribution in [0.25, 0.3) is 0 Å². The first-order chi connectivity index (χ1) is 5.68. The highest BCUT2D eigenvalue weighted by Crippen LogP contribution is 2.32. The van der Waals surface area contributed by atoms with Crippen LogP contribution < -0.4 is 11.1 Å². The van der Waals surface area contributed by atoms with E-state index >= 15 is 0 Å². The summed E-state index contributed by atoms with van der Waals surface area (Å²) in [6, 6.07) is 0.621. The van der Waals surface area contributed by atoms with Gasteiger partial charge in [-0.25, -0.2) is 4.68 Å². The van der Waals surface area contributed by atoms with Crippen LogP contribution in [0.3, 0.4) is 0 Å². The van der Waals surface area contributed by atoms with E-state index in [2.05, 4.69) is 26.3 Å². The highest BCUT2D eigenvalue weighted by atomic mass is 79.9. The second-order valence-electron chi connectivity index (χ2n) is 3.09. The van der Waals surface area contributed by atoms with E-state index in [1.165, 1.54) is 12.8 Å². The van der Waals surface area contributed by atoms with Crippen molar-refractivity contribution in [1.82, 2.24) is 9.78 Å². The molecule has 1 aliphatic rings. The topological polar surface area (TPSA) is 55.9 Å². The molecule has 5 heteroatoms. The number of nitrogen functional groups attached to an aromatic ring is 1. The largest absolute Gasteiger partial charge is 0.381 e. The monoisotopic (exact) mass is 230 g/mol. The van der Waals surface area contributed by atoms with Crippen molar-refractivity contribution in [1.29, 1.82) is 0 Å². The normalized spacial score (nSPS) is 16.5. The van der Waals surface area contributed by atoms with Gasteiger partial charge >= 0.3 is 0 Å². The minimum atomic E-state index is 0.542. The molecular weight excluding hydrogens is 220 g/mol. The molecule has 1 aliphatic carbocycles. The van der Waals surface area contributed by atoms with Gasteiger partial charge in [0, 0.05) is 13.1 Å². The number of hydrogen-bond donors (Lipinski definition) is 2. The van der Waals surface area contributed by atoms with Crippen molar-refractivity contribution in [2.45, 2.75) is 18.9 Å². The van der Waals surface area contributed by atoms with Crippen LogP contribution in [0, 0.1) is 0 Å². The zero-order chi connectivity index (χ0) is 8.72. The summed E-state index contributed by atoms with van der Waals surface area (Å²) in [6.07, 6.45) is 2.50. The number of anilines is 2. The highest BCUT2D eigenvalue weighted by Gasteiger charge is 2.24. The SMILES string of the molecule is Cn1nc(N)c(Br)c1NC1CC1. The first-order valence-electron chi connectivity index (χ1n) is 3.93. The molecule has 0 atom stereocenters. The summed E-state index contributed by atoms with van der Waals surface area (Å²) in [6.45, 7) is 0. The summed E-state index contributed by atoms with van der Waals surface area (Å²) in [4.78, 5) is 0. The molecule has 1 fully saturated rings. The van der Waals surface area contributed by atoms with Crippen LogP contribution in [-0.2, 0) is 7.05 Å². The Morgan fingerprint density at radius 1 is 1.67 bits per heavy atom. The lowest BCUT2D eigenvalue weighted by Crippen LogP contribution is -2.06. The highest BCUT2D eigenvalue weighted by molar-refractivity contribution is 9.10.